The smallest absolute Gasteiger partial charge is 0.257 e. The van der Waals surface area contributed by atoms with Crippen molar-refractivity contribution in [2.45, 2.75) is 12.7 Å². The lowest BCUT2D eigenvalue weighted by Gasteiger charge is -2.02. The van der Waals surface area contributed by atoms with Crippen LogP contribution >= 0.6 is 23.1 Å². The number of amides is 2. The Morgan fingerprint density at radius 2 is 2.05 bits per heavy atom. The molecule has 0 atom stereocenters. The summed E-state index contributed by atoms with van der Waals surface area (Å²) in [6.07, 6.45) is 0. The number of nitrogens with one attached hydrogen (secondary N) is 1. The highest BCUT2D eigenvalue weighted by Gasteiger charge is 2.09. The summed E-state index contributed by atoms with van der Waals surface area (Å²) in [5, 5.41) is 5.18. The predicted molar refractivity (Wildman–Crippen MR) is 86.6 cm³/mol. The molecule has 0 saturated heterocycles. The van der Waals surface area contributed by atoms with Crippen molar-refractivity contribution in [1.82, 2.24) is 4.98 Å². The molecule has 0 aliphatic carbocycles. The summed E-state index contributed by atoms with van der Waals surface area (Å²) in [5.74, 6) is 0.339. The third-order valence-electron chi connectivity index (χ3n) is 2.58. The van der Waals surface area contributed by atoms with Gasteiger partial charge in [-0.25, -0.2) is 4.98 Å². The van der Waals surface area contributed by atoms with E-state index in [1.807, 2.05) is 24.4 Å². The number of benzene rings is 1. The molecule has 1 aromatic heterocycles. The summed E-state index contributed by atoms with van der Waals surface area (Å²) < 4.78 is 0. The molecular formula is C14H15N3O2S2. The van der Waals surface area contributed by atoms with E-state index in [0.717, 1.165) is 11.3 Å². The second kappa shape index (κ2) is 7.24. The molecule has 0 fully saturated rings. The number of nitrogens with zero attached hydrogens (tertiary/aromatic N) is 1. The maximum atomic E-state index is 12.0. The SMILES string of the molecule is Cc1ccc(C(=O)Nc2nc(CSCC(N)=O)cs2)cc1. The fourth-order valence-corrected chi connectivity index (χ4v) is 3.03. The molecule has 1 heterocycles. The Bertz CT molecular complexity index is 638. The van der Waals surface area contributed by atoms with Crippen molar-refractivity contribution in [2.24, 2.45) is 5.73 Å². The van der Waals surface area contributed by atoms with Gasteiger partial charge in [0.15, 0.2) is 5.13 Å². The van der Waals surface area contributed by atoms with E-state index >= 15 is 0 Å². The minimum atomic E-state index is -0.344. The zero-order valence-electron chi connectivity index (χ0n) is 11.5. The van der Waals surface area contributed by atoms with E-state index in [-0.39, 0.29) is 17.6 Å². The van der Waals surface area contributed by atoms with E-state index in [1.165, 1.54) is 23.1 Å². The Morgan fingerprint density at radius 1 is 1.33 bits per heavy atom. The molecule has 0 aliphatic heterocycles. The first-order valence-electron chi connectivity index (χ1n) is 6.23. The van der Waals surface area contributed by atoms with E-state index in [2.05, 4.69) is 10.3 Å². The molecule has 1 aromatic carbocycles. The standard InChI is InChI=1S/C14H15N3O2S2/c1-9-2-4-10(5-3-9)13(19)17-14-16-11(7-21-14)6-20-8-12(15)18/h2-5,7H,6,8H2,1H3,(H2,15,18)(H,16,17,19). The first kappa shape index (κ1) is 15.5. The average molecular weight is 321 g/mol. The summed E-state index contributed by atoms with van der Waals surface area (Å²) in [6.45, 7) is 1.97. The van der Waals surface area contributed by atoms with Crippen molar-refractivity contribution in [2.75, 3.05) is 11.1 Å². The molecule has 2 aromatic rings. The molecule has 0 bridgehead atoms. The van der Waals surface area contributed by atoms with Crippen LogP contribution in [-0.2, 0) is 10.5 Å². The van der Waals surface area contributed by atoms with E-state index in [1.54, 1.807) is 12.1 Å². The van der Waals surface area contributed by atoms with Crippen molar-refractivity contribution in [3.05, 3.63) is 46.5 Å². The molecular weight excluding hydrogens is 306 g/mol. The summed E-state index contributed by atoms with van der Waals surface area (Å²) in [7, 11) is 0. The first-order valence-corrected chi connectivity index (χ1v) is 8.26. The second-order valence-electron chi connectivity index (χ2n) is 4.42. The number of anilines is 1. The van der Waals surface area contributed by atoms with Gasteiger partial charge in [-0.3, -0.25) is 14.9 Å². The number of nitrogens with two attached hydrogens (primary N) is 1. The molecule has 21 heavy (non-hydrogen) atoms. The van der Waals surface area contributed by atoms with Crippen LogP contribution in [-0.4, -0.2) is 22.6 Å². The number of thioether (sulfide) groups is 1. The third kappa shape index (κ3) is 4.87. The van der Waals surface area contributed by atoms with Gasteiger partial charge in [0.1, 0.15) is 0 Å². The summed E-state index contributed by atoms with van der Waals surface area (Å²) >= 11 is 2.76. The quantitative estimate of drug-likeness (QED) is 0.855. The van der Waals surface area contributed by atoms with Gasteiger partial charge in [-0.1, -0.05) is 17.7 Å². The van der Waals surface area contributed by atoms with Crippen molar-refractivity contribution in [1.29, 1.82) is 0 Å². The highest BCUT2D eigenvalue weighted by Crippen LogP contribution is 2.20. The van der Waals surface area contributed by atoms with Crippen LogP contribution < -0.4 is 11.1 Å². The topological polar surface area (TPSA) is 85.1 Å². The van der Waals surface area contributed by atoms with Crippen LogP contribution in [0.5, 0.6) is 0 Å². The van der Waals surface area contributed by atoms with Gasteiger partial charge < -0.3 is 5.73 Å². The number of aromatic nitrogens is 1. The number of aryl methyl sites for hydroxylation is 1. The maximum absolute atomic E-state index is 12.0. The van der Waals surface area contributed by atoms with Gasteiger partial charge in [0.2, 0.25) is 5.91 Å². The molecule has 0 aliphatic rings. The lowest BCUT2D eigenvalue weighted by molar-refractivity contribution is -0.115. The van der Waals surface area contributed by atoms with E-state index in [4.69, 9.17) is 5.73 Å². The van der Waals surface area contributed by atoms with Crippen LogP contribution in [0.25, 0.3) is 0 Å². The van der Waals surface area contributed by atoms with Crippen molar-refractivity contribution >= 4 is 40.0 Å². The molecule has 2 rings (SSSR count). The molecule has 0 unspecified atom stereocenters. The normalized spacial score (nSPS) is 10.3. The highest BCUT2D eigenvalue weighted by atomic mass is 32.2. The fraction of sp³-hybridized carbons (Fsp3) is 0.214. The summed E-state index contributed by atoms with van der Waals surface area (Å²) in [4.78, 5) is 27.0. The molecule has 7 heteroatoms. The first-order chi connectivity index (χ1) is 10.0. The third-order valence-corrected chi connectivity index (χ3v) is 4.38. The zero-order chi connectivity index (χ0) is 15.2. The number of rotatable bonds is 6. The van der Waals surface area contributed by atoms with Gasteiger partial charge >= 0.3 is 0 Å². The van der Waals surface area contributed by atoms with Crippen molar-refractivity contribution in [3.8, 4) is 0 Å². The van der Waals surface area contributed by atoms with Crippen LogP contribution in [0.15, 0.2) is 29.6 Å². The van der Waals surface area contributed by atoms with Crippen LogP contribution in [0.3, 0.4) is 0 Å². The number of thiazole rings is 1. The zero-order valence-corrected chi connectivity index (χ0v) is 13.1. The Kier molecular flexibility index (Phi) is 5.35. The molecule has 110 valence electrons. The minimum Gasteiger partial charge on any atom is -0.369 e. The van der Waals surface area contributed by atoms with E-state index < -0.39 is 0 Å². The van der Waals surface area contributed by atoms with Gasteiger partial charge in [0.25, 0.3) is 5.91 Å². The molecule has 0 radical (unpaired) electrons. The van der Waals surface area contributed by atoms with Gasteiger partial charge in [0, 0.05) is 16.7 Å². The number of carbonyl (C=O) groups is 2. The Hall–Kier alpha value is -1.86. The van der Waals surface area contributed by atoms with Crippen molar-refractivity contribution in [3.63, 3.8) is 0 Å². The monoisotopic (exact) mass is 321 g/mol. The fourth-order valence-electron chi connectivity index (χ4n) is 1.56. The Labute approximate surface area is 131 Å². The molecule has 2 amide bonds. The van der Waals surface area contributed by atoms with Crippen LogP contribution in [0.2, 0.25) is 0 Å². The number of hydrogen-bond acceptors (Lipinski definition) is 5. The highest BCUT2D eigenvalue weighted by molar-refractivity contribution is 7.99. The van der Waals surface area contributed by atoms with Gasteiger partial charge in [-0.2, -0.15) is 0 Å². The lowest BCUT2D eigenvalue weighted by atomic mass is 10.1. The van der Waals surface area contributed by atoms with Gasteiger partial charge in [-0.15, -0.1) is 23.1 Å². The van der Waals surface area contributed by atoms with Crippen LogP contribution in [0.1, 0.15) is 21.6 Å². The summed E-state index contributed by atoms with van der Waals surface area (Å²) in [6, 6.07) is 7.34. The molecule has 5 nitrogen and oxygen atoms in total. The Balaban J connectivity index is 1.91. The average Bonchev–Trinajstić information content (AvgIpc) is 2.86. The molecule has 0 saturated carbocycles. The van der Waals surface area contributed by atoms with Gasteiger partial charge in [-0.05, 0) is 19.1 Å². The number of carbonyl (C=O) groups excluding carboxylic acids is 2. The van der Waals surface area contributed by atoms with Crippen LogP contribution in [0.4, 0.5) is 5.13 Å². The van der Waals surface area contributed by atoms with Gasteiger partial charge in [0.05, 0.1) is 11.4 Å². The van der Waals surface area contributed by atoms with Crippen molar-refractivity contribution < 1.29 is 9.59 Å². The number of primary amides is 1. The van der Waals surface area contributed by atoms with E-state index in [0.29, 0.717) is 16.4 Å². The second-order valence-corrected chi connectivity index (χ2v) is 6.27. The Morgan fingerprint density at radius 3 is 2.71 bits per heavy atom. The lowest BCUT2D eigenvalue weighted by Crippen LogP contribution is -2.13. The minimum absolute atomic E-state index is 0.180. The molecule has 0 spiro atoms. The van der Waals surface area contributed by atoms with E-state index in [9.17, 15) is 9.59 Å². The predicted octanol–water partition coefficient (Wildman–Crippen LogP) is 2.42. The van der Waals surface area contributed by atoms with Crippen LogP contribution in [0, 0.1) is 6.92 Å². The number of hydrogen-bond donors (Lipinski definition) is 2. The summed E-state index contributed by atoms with van der Waals surface area (Å²) in [5.41, 5.74) is 7.60. The largest absolute Gasteiger partial charge is 0.369 e. The maximum Gasteiger partial charge on any atom is 0.257 e. The molecule has 3 N–H and O–H groups in total.